The average Bonchev–Trinajstić information content (AvgIpc) is 2.96. The molecule has 4 aromatic carbocycles. The summed E-state index contributed by atoms with van der Waals surface area (Å²) >= 11 is 3.45. The molecule has 4 atom stereocenters. The second-order valence-corrected chi connectivity index (χ2v) is 10.4. The molecular weight excluding hydrogens is 564 g/mol. The van der Waals surface area contributed by atoms with Crippen molar-refractivity contribution < 1.29 is 23.7 Å². The third-order valence-electron chi connectivity index (χ3n) is 7.33. The van der Waals surface area contributed by atoms with Crippen molar-refractivity contribution in [3.8, 4) is 5.75 Å². The number of ether oxygens (including phenoxy) is 1. The van der Waals surface area contributed by atoms with Gasteiger partial charge in [-0.15, -0.1) is 0 Å². The normalized spacial score (nSPS) is 19.4. The molecule has 0 aromatic heterocycles. The van der Waals surface area contributed by atoms with E-state index in [0.717, 1.165) is 27.9 Å². The van der Waals surface area contributed by atoms with E-state index >= 15 is 0 Å². The Morgan fingerprint density at radius 1 is 0.795 bits per heavy atom. The largest absolute Gasteiger partial charge is 0.489 e. The summed E-state index contributed by atoms with van der Waals surface area (Å²) in [5.74, 6) is -0.118. The number of hydrogen-bond acceptors (Lipinski definition) is 4. The van der Waals surface area contributed by atoms with Gasteiger partial charge in [0.25, 0.3) is 0 Å². The van der Waals surface area contributed by atoms with Gasteiger partial charge in [-0.1, -0.05) is 64.5 Å². The third-order valence-corrected chi connectivity index (χ3v) is 7.98. The van der Waals surface area contributed by atoms with Crippen molar-refractivity contribution in [1.82, 2.24) is 0 Å². The molecule has 2 N–H and O–H groups in total. The molecule has 1 saturated heterocycles. The van der Waals surface area contributed by atoms with E-state index in [4.69, 9.17) is 4.74 Å². The topological polar surface area (TPSA) is 52.9 Å². The standard InChI is InChI=1S/C32H30BrF2NO3/c33-19-21-1-3-22(4-2-21)20-39-28-15-7-24(8-16-28)31-29(17-18-30(37)23-5-9-25(34)10-6-23)32(38)36(31)27-13-11-26(35)12-14-27/h1-16,29-32,37-38H,17-20H2. The molecular formula is C32H30BrF2NO3. The van der Waals surface area contributed by atoms with Crippen LogP contribution in [0.4, 0.5) is 14.5 Å². The maximum absolute atomic E-state index is 13.6. The second kappa shape index (κ2) is 12.3. The van der Waals surface area contributed by atoms with Gasteiger partial charge in [-0.2, -0.15) is 0 Å². The molecule has 1 aliphatic heterocycles. The zero-order chi connectivity index (χ0) is 27.4. The number of alkyl halides is 1. The summed E-state index contributed by atoms with van der Waals surface area (Å²) in [7, 11) is 0. The van der Waals surface area contributed by atoms with Gasteiger partial charge in [0, 0.05) is 16.9 Å². The molecule has 1 fully saturated rings. The summed E-state index contributed by atoms with van der Waals surface area (Å²) < 4.78 is 32.9. The van der Waals surface area contributed by atoms with Crippen molar-refractivity contribution in [2.75, 3.05) is 4.90 Å². The lowest BCUT2D eigenvalue weighted by Crippen LogP contribution is -2.58. The second-order valence-electron chi connectivity index (χ2n) is 9.86. The minimum absolute atomic E-state index is 0.162. The number of anilines is 1. The lowest BCUT2D eigenvalue weighted by atomic mass is 9.77. The number of halogens is 3. The van der Waals surface area contributed by atoms with E-state index in [1.807, 2.05) is 41.3 Å². The van der Waals surface area contributed by atoms with E-state index in [1.165, 1.54) is 29.8 Å². The first-order chi connectivity index (χ1) is 18.9. The van der Waals surface area contributed by atoms with E-state index in [0.29, 0.717) is 25.0 Å². The number of rotatable bonds is 10. The Morgan fingerprint density at radius 3 is 2.00 bits per heavy atom. The number of nitrogens with zero attached hydrogens (tertiary/aromatic N) is 1. The van der Waals surface area contributed by atoms with Crippen molar-refractivity contribution in [2.24, 2.45) is 5.92 Å². The van der Waals surface area contributed by atoms with Gasteiger partial charge in [0.05, 0.1) is 12.1 Å². The minimum atomic E-state index is -0.792. The van der Waals surface area contributed by atoms with Crippen LogP contribution in [0.25, 0.3) is 0 Å². The Balaban J connectivity index is 1.30. The first-order valence-corrected chi connectivity index (χ1v) is 14.1. The predicted molar refractivity (Wildman–Crippen MR) is 152 cm³/mol. The summed E-state index contributed by atoms with van der Waals surface area (Å²) in [6.45, 7) is 0.454. The SMILES string of the molecule is OC(CCC1C(O)N(c2ccc(F)cc2)C1c1ccc(OCc2ccc(CBr)cc2)cc1)c1ccc(F)cc1. The van der Waals surface area contributed by atoms with E-state index in [1.54, 1.807) is 24.3 Å². The van der Waals surface area contributed by atoms with Gasteiger partial charge in [-0.3, -0.25) is 0 Å². The van der Waals surface area contributed by atoms with E-state index < -0.39 is 12.3 Å². The molecule has 5 rings (SSSR count). The van der Waals surface area contributed by atoms with Crippen LogP contribution in [-0.2, 0) is 11.9 Å². The van der Waals surface area contributed by atoms with Gasteiger partial charge in [-0.25, -0.2) is 8.78 Å². The van der Waals surface area contributed by atoms with Crippen LogP contribution < -0.4 is 9.64 Å². The molecule has 1 aliphatic rings. The van der Waals surface area contributed by atoms with Gasteiger partial charge in [0.1, 0.15) is 30.2 Å². The molecule has 39 heavy (non-hydrogen) atoms. The Labute approximate surface area is 235 Å². The smallest absolute Gasteiger partial charge is 0.132 e. The Bertz CT molecular complexity index is 1350. The van der Waals surface area contributed by atoms with Crippen molar-refractivity contribution in [2.45, 2.75) is 43.2 Å². The quantitative estimate of drug-likeness (QED) is 0.187. The van der Waals surface area contributed by atoms with Crippen molar-refractivity contribution in [1.29, 1.82) is 0 Å². The summed E-state index contributed by atoms with van der Waals surface area (Å²) in [6, 6.07) is 27.8. The summed E-state index contributed by atoms with van der Waals surface area (Å²) in [5.41, 5.74) is 4.63. The molecule has 0 aliphatic carbocycles. The maximum atomic E-state index is 13.6. The lowest BCUT2D eigenvalue weighted by molar-refractivity contribution is -0.00681. The summed E-state index contributed by atoms with van der Waals surface area (Å²) in [6.07, 6.45) is -0.599. The third kappa shape index (κ3) is 6.32. The van der Waals surface area contributed by atoms with Crippen LogP contribution in [0.1, 0.15) is 47.2 Å². The van der Waals surface area contributed by atoms with E-state index in [-0.39, 0.29) is 23.6 Å². The molecule has 4 nitrogen and oxygen atoms in total. The molecule has 0 bridgehead atoms. The first kappa shape index (κ1) is 27.3. The van der Waals surface area contributed by atoms with Crippen molar-refractivity contribution in [3.05, 3.63) is 131 Å². The molecule has 1 heterocycles. The highest BCUT2D eigenvalue weighted by Crippen LogP contribution is 2.49. The highest BCUT2D eigenvalue weighted by Gasteiger charge is 2.48. The number of aliphatic hydroxyl groups is 2. The number of hydrogen-bond donors (Lipinski definition) is 2. The molecule has 0 radical (unpaired) electrons. The molecule has 0 amide bonds. The van der Waals surface area contributed by atoms with Crippen LogP contribution in [0.2, 0.25) is 0 Å². The Morgan fingerprint density at radius 2 is 1.38 bits per heavy atom. The van der Waals surface area contributed by atoms with Crippen molar-refractivity contribution in [3.63, 3.8) is 0 Å². The molecule has 0 spiro atoms. The van der Waals surface area contributed by atoms with Crippen molar-refractivity contribution >= 4 is 21.6 Å². The highest BCUT2D eigenvalue weighted by atomic mass is 79.9. The Hall–Kier alpha value is -3.26. The van der Waals surface area contributed by atoms with E-state index in [2.05, 4.69) is 28.1 Å². The highest BCUT2D eigenvalue weighted by molar-refractivity contribution is 9.08. The number of benzene rings is 4. The minimum Gasteiger partial charge on any atom is -0.489 e. The van der Waals surface area contributed by atoms with Gasteiger partial charge < -0.3 is 19.8 Å². The average molecular weight is 594 g/mol. The monoisotopic (exact) mass is 593 g/mol. The summed E-state index contributed by atoms with van der Waals surface area (Å²) in [5, 5.41) is 22.6. The zero-order valence-electron chi connectivity index (χ0n) is 21.3. The lowest BCUT2D eigenvalue weighted by Gasteiger charge is -2.54. The summed E-state index contributed by atoms with van der Waals surface area (Å²) in [4.78, 5) is 1.87. The number of aliphatic hydroxyl groups excluding tert-OH is 2. The molecule has 4 unspecified atom stereocenters. The first-order valence-electron chi connectivity index (χ1n) is 12.9. The van der Waals surface area contributed by atoms with Crippen LogP contribution in [0, 0.1) is 17.6 Å². The zero-order valence-corrected chi connectivity index (χ0v) is 22.8. The molecule has 7 heteroatoms. The van der Waals surface area contributed by atoms with Crippen LogP contribution >= 0.6 is 15.9 Å². The molecule has 4 aromatic rings. The molecule has 202 valence electrons. The fourth-order valence-electron chi connectivity index (χ4n) is 5.13. The predicted octanol–water partition coefficient (Wildman–Crippen LogP) is 7.45. The van der Waals surface area contributed by atoms with Gasteiger partial charge in [0.2, 0.25) is 0 Å². The van der Waals surface area contributed by atoms with Gasteiger partial charge >= 0.3 is 0 Å². The van der Waals surface area contributed by atoms with Crippen LogP contribution in [-0.4, -0.2) is 16.4 Å². The Kier molecular flexibility index (Phi) is 8.60. The van der Waals surface area contributed by atoms with Crippen LogP contribution in [0.5, 0.6) is 5.75 Å². The maximum Gasteiger partial charge on any atom is 0.132 e. The van der Waals surface area contributed by atoms with Crippen LogP contribution in [0.15, 0.2) is 97.1 Å². The fraction of sp³-hybridized carbons (Fsp3) is 0.250. The van der Waals surface area contributed by atoms with E-state index in [9.17, 15) is 19.0 Å². The van der Waals surface area contributed by atoms with Crippen LogP contribution in [0.3, 0.4) is 0 Å². The molecule has 0 saturated carbocycles. The van der Waals surface area contributed by atoms with Gasteiger partial charge in [-0.05, 0) is 83.6 Å². The fourth-order valence-corrected chi connectivity index (χ4v) is 5.51. The van der Waals surface area contributed by atoms with Gasteiger partial charge in [0.15, 0.2) is 0 Å².